The van der Waals surface area contributed by atoms with Crippen molar-refractivity contribution >= 4 is 16.7 Å². The number of methoxy groups -OCH3 is 1. The molecule has 2 rings (SSSR count). The Bertz CT molecular complexity index is 432. The number of hydrogen-bond acceptors (Lipinski definition) is 7. The Morgan fingerprint density at radius 3 is 3.12 bits per heavy atom. The zero-order valence-corrected chi connectivity index (χ0v) is 9.57. The fourth-order valence-electron chi connectivity index (χ4n) is 1.07. The largest absolute Gasteiger partial charge is 0.383 e. The molecule has 84 valence electrons. The highest BCUT2D eigenvalue weighted by Gasteiger charge is 2.06. The van der Waals surface area contributed by atoms with Gasteiger partial charge in [-0.2, -0.15) is 9.36 Å². The molecule has 0 spiro atoms. The topological polar surface area (TPSA) is 72.8 Å². The molecule has 0 saturated heterocycles. The predicted octanol–water partition coefficient (Wildman–Crippen LogP) is 1.05. The summed E-state index contributed by atoms with van der Waals surface area (Å²) in [7, 11) is 1.66. The maximum absolute atomic E-state index is 4.93. The average Bonchev–Trinajstić information content (AvgIpc) is 2.79. The molecule has 16 heavy (non-hydrogen) atoms. The second-order valence-corrected chi connectivity index (χ2v) is 3.69. The molecule has 7 heteroatoms. The van der Waals surface area contributed by atoms with Crippen molar-refractivity contribution in [3.05, 3.63) is 18.6 Å². The van der Waals surface area contributed by atoms with Gasteiger partial charge >= 0.3 is 0 Å². The standard InChI is InChI=1S/C9H11N5OS/c1-15-5-4-12-9-13-8(14-16-9)7-6-10-2-3-11-7/h2-3,6H,4-5H2,1H3,(H,12,13,14). The molecule has 0 bridgehead atoms. The zero-order valence-electron chi connectivity index (χ0n) is 8.75. The summed E-state index contributed by atoms with van der Waals surface area (Å²) in [6, 6.07) is 0. The van der Waals surface area contributed by atoms with E-state index in [1.54, 1.807) is 25.7 Å². The SMILES string of the molecule is COCCNc1nc(-c2cnccn2)ns1. The van der Waals surface area contributed by atoms with Crippen LogP contribution in [0.4, 0.5) is 5.13 Å². The summed E-state index contributed by atoms with van der Waals surface area (Å²) in [6.45, 7) is 1.35. The summed E-state index contributed by atoms with van der Waals surface area (Å²) in [6.07, 6.45) is 4.88. The molecule has 1 N–H and O–H groups in total. The van der Waals surface area contributed by atoms with Crippen molar-refractivity contribution in [3.63, 3.8) is 0 Å². The van der Waals surface area contributed by atoms with E-state index in [9.17, 15) is 0 Å². The van der Waals surface area contributed by atoms with Crippen LogP contribution in [0.1, 0.15) is 0 Å². The minimum atomic E-state index is 0.595. The fraction of sp³-hybridized carbons (Fsp3) is 0.333. The Kier molecular flexibility index (Phi) is 3.73. The molecule has 0 aliphatic heterocycles. The van der Waals surface area contributed by atoms with E-state index in [1.165, 1.54) is 11.5 Å². The molecule has 0 aromatic carbocycles. The summed E-state index contributed by atoms with van der Waals surface area (Å²) in [5, 5.41) is 3.87. The third-order valence-electron chi connectivity index (χ3n) is 1.80. The van der Waals surface area contributed by atoms with Crippen LogP contribution in [0.2, 0.25) is 0 Å². The smallest absolute Gasteiger partial charge is 0.203 e. The zero-order chi connectivity index (χ0) is 11.2. The van der Waals surface area contributed by atoms with Crippen molar-refractivity contribution < 1.29 is 4.74 Å². The van der Waals surface area contributed by atoms with Crippen LogP contribution in [0.15, 0.2) is 18.6 Å². The van der Waals surface area contributed by atoms with Crippen molar-refractivity contribution in [2.24, 2.45) is 0 Å². The first-order chi connectivity index (χ1) is 7.90. The molecular formula is C9H11N5OS. The molecule has 2 aromatic rings. The lowest BCUT2D eigenvalue weighted by molar-refractivity contribution is 0.211. The van der Waals surface area contributed by atoms with Crippen molar-refractivity contribution in [1.29, 1.82) is 0 Å². The predicted molar refractivity (Wildman–Crippen MR) is 61.3 cm³/mol. The highest BCUT2D eigenvalue weighted by atomic mass is 32.1. The molecule has 0 unspecified atom stereocenters. The lowest BCUT2D eigenvalue weighted by atomic mass is 10.4. The van der Waals surface area contributed by atoms with E-state index in [1.807, 2.05) is 0 Å². The third-order valence-corrected chi connectivity index (χ3v) is 2.47. The molecule has 0 fully saturated rings. The van der Waals surface area contributed by atoms with Gasteiger partial charge in [0.25, 0.3) is 0 Å². The minimum Gasteiger partial charge on any atom is -0.383 e. The second kappa shape index (κ2) is 5.47. The molecule has 0 radical (unpaired) electrons. The van der Waals surface area contributed by atoms with Crippen molar-refractivity contribution in [2.75, 3.05) is 25.6 Å². The van der Waals surface area contributed by atoms with Crippen LogP contribution in [0.5, 0.6) is 0 Å². The number of ether oxygens (including phenoxy) is 1. The quantitative estimate of drug-likeness (QED) is 0.784. The monoisotopic (exact) mass is 237 g/mol. The van der Waals surface area contributed by atoms with Gasteiger partial charge in [0.05, 0.1) is 12.8 Å². The van der Waals surface area contributed by atoms with Gasteiger partial charge in [-0.05, 0) is 0 Å². The molecule has 0 aliphatic rings. The van der Waals surface area contributed by atoms with Crippen LogP contribution in [0, 0.1) is 0 Å². The Morgan fingerprint density at radius 2 is 2.38 bits per heavy atom. The summed E-state index contributed by atoms with van der Waals surface area (Å²) in [4.78, 5) is 12.4. The molecule has 2 aromatic heterocycles. The van der Waals surface area contributed by atoms with Crippen LogP contribution in [-0.2, 0) is 4.74 Å². The summed E-state index contributed by atoms with van der Waals surface area (Å²) >= 11 is 1.30. The average molecular weight is 237 g/mol. The lowest BCUT2D eigenvalue weighted by Gasteiger charge is -1.98. The van der Waals surface area contributed by atoms with Crippen LogP contribution < -0.4 is 5.32 Å². The molecule has 2 heterocycles. The minimum absolute atomic E-state index is 0.595. The fourth-order valence-corrected chi connectivity index (χ4v) is 1.68. The normalized spacial score (nSPS) is 10.3. The van der Waals surface area contributed by atoms with E-state index < -0.39 is 0 Å². The summed E-state index contributed by atoms with van der Waals surface area (Å²) < 4.78 is 9.12. The van der Waals surface area contributed by atoms with E-state index in [0.717, 1.165) is 5.13 Å². The van der Waals surface area contributed by atoms with E-state index in [4.69, 9.17) is 4.74 Å². The molecule has 6 nitrogen and oxygen atoms in total. The van der Waals surface area contributed by atoms with Crippen molar-refractivity contribution in [3.8, 4) is 11.5 Å². The first-order valence-corrected chi connectivity index (χ1v) is 5.50. The van der Waals surface area contributed by atoms with Gasteiger partial charge in [0, 0.05) is 37.6 Å². The van der Waals surface area contributed by atoms with Crippen LogP contribution in [-0.4, -0.2) is 39.6 Å². The van der Waals surface area contributed by atoms with E-state index in [0.29, 0.717) is 24.7 Å². The van der Waals surface area contributed by atoms with Crippen LogP contribution in [0.25, 0.3) is 11.5 Å². The number of aromatic nitrogens is 4. The van der Waals surface area contributed by atoms with Gasteiger partial charge < -0.3 is 10.1 Å². The van der Waals surface area contributed by atoms with Crippen LogP contribution >= 0.6 is 11.5 Å². The Morgan fingerprint density at radius 1 is 1.44 bits per heavy atom. The first-order valence-electron chi connectivity index (χ1n) is 4.73. The summed E-state index contributed by atoms with van der Waals surface area (Å²) in [5.41, 5.74) is 0.679. The van der Waals surface area contributed by atoms with Gasteiger partial charge in [-0.3, -0.25) is 4.98 Å². The van der Waals surface area contributed by atoms with Gasteiger partial charge in [0.2, 0.25) is 5.13 Å². The summed E-state index contributed by atoms with van der Waals surface area (Å²) in [5.74, 6) is 0.595. The maximum atomic E-state index is 4.93. The lowest BCUT2D eigenvalue weighted by Crippen LogP contribution is -2.07. The number of nitrogens with zero attached hydrogens (tertiary/aromatic N) is 4. The first kappa shape index (κ1) is 10.9. The van der Waals surface area contributed by atoms with Gasteiger partial charge in [0.1, 0.15) is 5.69 Å². The number of hydrogen-bond donors (Lipinski definition) is 1. The van der Waals surface area contributed by atoms with Gasteiger partial charge in [0.15, 0.2) is 5.82 Å². The highest BCUT2D eigenvalue weighted by Crippen LogP contribution is 2.17. The van der Waals surface area contributed by atoms with Crippen molar-refractivity contribution in [1.82, 2.24) is 19.3 Å². The molecule has 0 amide bonds. The Balaban J connectivity index is 2.02. The number of nitrogens with one attached hydrogen (secondary N) is 1. The third kappa shape index (κ3) is 2.71. The van der Waals surface area contributed by atoms with E-state index >= 15 is 0 Å². The number of anilines is 1. The molecule has 0 saturated carbocycles. The Labute approximate surface area is 96.9 Å². The maximum Gasteiger partial charge on any atom is 0.203 e. The molecular weight excluding hydrogens is 226 g/mol. The van der Waals surface area contributed by atoms with E-state index in [-0.39, 0.29) is 0 Å². The molecule has 0 atom stereocenters. The highest BCUT2D eigenvalue weighted by molar-refractivity contribution is 7.09. The van der Waals surface area contributed by atoms with E-state index in [2.05, 4.69) is 24.6 Å². The van der Waals surface area contributed by atoms with Gasteiger partial charge in [-0.25, -0.2) is 4.98 Å². The second-order valence-electron chi connectivity index (χ2n) is 2.93. The molecule has 0 aliphatic carbocycles. The van der Waals surface area contributed by atoms with Crippen LogP contribution in [0.3, 0.4) is 0 Å². The van der Waals surface area contributed by atoms with Gasteiger partial charge in [-0.15, -0.1) is 0 Å². The van der Waals surface area contributed by atoms with Crippen molar-refractivity contribution in [2.45, 2.75) is 0 Å². The number of rotatable bonds is 5. The van der Waals surface area contributed by atoms with Gasteiger partial charge in [-0.1, -0.05) is 0 Å². The Hall–Kier alpha value is -1.60.